The quantitative estimate of drug-likeness (QED) is 0.195. The summed E-state index contributed by atoms with van der Waals surface area (Å²) >= 11 is 0. The summed E-state index contributed by atoms with van der Waals surface area (Å²) in [5.41, 5.74) is 4.62. The lowest BCUT2D eigenvalue weighted by Crippen LogP contribution is -2.33. The molecule has 23 heavy (non-hydrogen) atoms. The Morgan fingerprint density at radius 1 is 0.913 bits per heavy atom. The van der Waals surface area contributed by atoms with E-state index in [-0.39, 0.29) is 12.5 Å². The fraction of sp³-hybridized carbons (Fsp3) is 0.929. The first kappa shape index (κ1) is 22.2. The van der Waals surface area contributed by atoms with Gasteiger partial charge in [-0.1, -0.05) is 0 Å². The fourth-order valence-electron chi connectivity index (χ4n) is 1.50. The number of rotatable bonds is 18. The molecular formula is C14H31N3O6. The van der Waals surface area contributed by atoms with Crippen LogP contribution in [0.1, 0.15) is 19.8 Å². The van der Waals surface area contributed by atoms with Crippen molar-refractivity contribution < 1.29 is 29.0 Å². The van der Waals surface area contributed by atoms with Crippen molar-refractivity contribution in [2.75, 3.05) is 65.9 Å². The third kappa shape index (κ3) is 19.1. The molecule has 0 fully saturated rings. The molecule has 0 atom stereocenters. The highest BCUT2D eigenvalue weighted by atomic mass is 16.6. The van der Waals surface area contributed by atoms with Gasteiger partial charge < -0.3 is 29.6 Å². The van der Waals surface area contributed by atoms with Crippen LogP contribution in [-0.4, -0.2) is 77.0 Å². The van der Waals surface area contributed by atoms with Gasteiger partial charge in [0.2, 0.25) is 5.91 Å². The lowest BCUT2D eigenvalue weighted by molar-refractivity contribution is -0.121. The lowest BCUT2D eigenvalue weighted by atomic mass is 10.4. The van der Waals surface area contributed by atoms with Crippen LogP contribution < -0.4 is 16.3 Å². The van der Waals surface area contributed by atoms with Crippen LogP contribution in [0.2, 0.25) is 0 Å². The smallest absolute Gasteiger partial charge is 0.236 e. The molecule has 0 unspecified atom stereocenters. The predicted molar refractivity (Wildman–Crippen MR) is 84.1 cm³/mol. The summed E-state index contributed by atoms with van der Waals surface area (Å²) in [7, 11) is 0. The van der Waals surface area contributed by atoms with Crippen LogP contribution in [0, 0.1) is 0 Å². The molecule has 4 N–H and O–H groups in total. The number of nitrogens with one attached hydrogen (secondary N) is 3. The summed E-state index contributed by atoms with van der Waals surface area (Å²) in [4.78, 5) is 16.0. The molecular weight excluding hydrogens is 306 g/mol. The van der Waals surface area contributed by atoms with E-state index in [1.807, 2.05) is 6.92 Å². The zero-order valence-electron chi connectivity index (χ0n) is 14.0. The molecule has 0 aliphatic heterocycles. The van der Waals surface area contributed by atoms with Crippen LogP contribution in [0.15, 0.2) is 0 Å². The van der Waals surface area contributed by atoms with Crippen LogP contribution in [0.5, 0.6) is 0 Å². The highest BCUT2D eigenvalue weighted by Crippen LogP contribution is 1.85. The van der Waals surface area contributed by atoms with E-state index in [1.165, 1.54) is 0 Å². The molecule has 0 aliphatic rings. The minimum atomic E-state index is -0.246. The number of hydrogen-bond acceptors (Lipinski definition) is 8. The molecule has 0 saturated carbocycles. The van der Waals surface area contributed by atoms with E-state index in [2.05, 4.69) is 10.8 Å². The Balaban J connectivity index is 3.01. The summed E-state index contributed by atoms with van der Waals surface area (Å²) < 4.78 is 16.1. The van der Waals surface area contributed by atoms with E-state index in [0.717, 1.165) is 19.4 Å². The first-order chi connectivity index (χ1) is 11.3. The lowest BCUT2D eigenvalue weighted by Gasteiger charge is -2.08. The summed E-state index contributed by atoms with van der Waals surface area (Å²) in [6.45, 7) is 7.18. The van der Waals surface area contributed by atoms with E-state index in [0.29, 0.717) is 52.8 Å². The second-order valence-corrected chi connectivity index (χ2v) is 4.56. The summed E-state index contributed by atoms with van der Waals surface area (Å²) in [6.07, 6.45) is 1.62. The molecule has 0 spiro atoms. The Bertz CT molecular complexity index is 259. The maximum atomic E-state index is 11.0. The molecule has 0 aromatic carbocycles. The van der Waals surface area contributed by atoms with Crippen molar-refractivity contribution in [3.8, 4) is 0 Å². The second-order valence-electron chi connectivity index (χ2n) is 4.56. The molecule has 0 aliphatic carbocycles. The van der Waals surface area contributed by atoms with Crippen molar-refractivity contribution in [3.63, 3.8) is 0 Å². The Morgan fingerprint density at radius 3 is 2.04 bits per heavy atom. The molecule has 0 rings (SSSR count). The largest absolute Gasteiger partial charge is 0.379 e. The zero-order valence-corrected chi connectivity index (χ0v) is 14.0. The topological polar surface area (TPSA) is 110 Å². The number of carbonyl (C=O) groups is 1. The standard InChI is InChI=1S/C14H31N3O6/c1-2-23-17-6-4-8-21-10-12-22-11-9-20-7-3-5-15-14(18)13-16-19/h16-17,19H,2-13H2,1H3,(H,15,18). The molecule has 0 aromatic heterocycles. The average Bonchev–Trinajstić information content (AvgIpc) is 2.54. The number of amides is 1. The van der Waals surface area contributed by atoms with Crippen LogP contribution in [0.25, 0.3) is 0 Å². The van der Waals surface area contributed by atoms with Crippen molar-refractivity contribution in [2.24, 2.45) is 0 Å². The van der Waals surface area contributed by atoms with Gasteiger partial charge in [0.15, 0.2) is 0 Å². The normalized spacial score (nSPS) is 10.9. The predicted octanol–water partition coefficient (Wildman–Crippen LogP) is -0.547. The monoisotopic (exact) mass is 337 g/mol. The number of hydroxylamine groups is 2. The van der Waals surface area contributed by atoms with Crippen molar-refractivity contribution in [1.29, 1.82) is 0 Å². The van der Waals surface area contributed by atoms with Crippen LogP contribution >= 0.6 is 0 Å². The molecule has 9 heteroatoms. The van der Waals surface area contributed by atoms with E-state index in [1.54, 1.807) is 5.48 Å². The Kier molecular flexibility index (Phi) is 18.6. The van der Waals surface area contributed by atoms with Gasteiger partial charge in [-0.05, 0) is 19.8 Å². The van der Waals surface area contributed by atoms with Gasteiger partial charge in [-0.3, -0.25) is 4.79 Å². The summed E-state index contributed by atoms with van der Waals surface area (Å²) in [5.74, 6) is -0.246. The van der Waals surface area contributed by atoms with Gasteiger partial charge >= 0.3 is 0 Å². The third-order valence-electron chi connectivity index (χ3n) is 2.59. The maximum Gasteiger partial charge on any atom is 0.236 e. The molecule has 0 aromatic rings. The Labute approximate surface area is 137 Å². The first-order valence-corrected chi connectivity index (χ1v) is 8.02. The van der Waals surface area contributed by atoms with Crippen molar-refractivity contribution in [2.45, 2.75) is 19.8 Å². The average molecular weight is 337 g/mol. The Hall–Kier alpha value is -0.810. The third-order valence-corrected chi connectivity index (χ3v) is 2.59. The SMILES string of the molecule is CCONCCCOCCOCCOCCCNC(=O)CNO. The van der Waals surface area contributed by atoms with Crippen molar-refractivity contribution in [1.82, 2.24) is 16.3 Å². The summed E-state index contributed by atoms with van der Waals surface area (Å²) in [5, 5.41) is 10.9. The van der Waals surface area contributed by atoms with Crippen molar-refractivity contribution in [3.05, 3.63) is 0 Å². The maximum absolute atomic E-state index is 11.0. The molecule has 138 valence electrons. The van der Waals surface area contributed by atoms with Gasteiger partial charge in [-0.15, -0.1) is 0 Å². The number of carbonyl (C=O) groups excluding carboxylic acids is 1. The molecule has 0 bridgehead atoms. The van der Waals surface area contributed by atoms with E-state index < -0.39 is 0 Å². The van der Waals surface area contributed by atoms with Crippen LogP contribution in [0.4, 0.5) is 0 Å². The fourth-order valence-corrected chi connectivity index (χ4v) is 1.50. The van der Waals surface area contributed by atoms with Gasteiger partial charge in [0, 0.05) is 26.3 Å². The van der Waals surface area contributed by atoms with Gasteiger partial charge in [0.25, 0.3) is 0 Å². The highest BCUT2D eigenvalue weighted by Gasteiger charge is 1.98. The molecule has 1 amide bonds. The van der Waals surface area contributed by atoms with Gasteiger partial charge in [-0.25, -0.2) is 5.48 Å². The second kappa shape index (κ2) is 19.2. The van der Waals surface area contributed by atoms with E-state index in [4.69, 9.17) is 24.3 Å². The minimum absolute atomic E-state index is 0.0974. The zero-order chi connectivity index (χ0) is 17.0. The van der Waals surface area contributed by atoms with Crippen molar-refractivity contribution >= 4 is 5.91 Å². The minimum Gasteiger partial charge on any atom is -0.379 e. The van der Waals surface area contributed by atoms with Crippen LogP contribution in [-0.2, 0) is 23.8 Å². The Morgan fingerprint density at radius 2 is 1.48 bits per heavy atom. The molecule has 0 radical (unpaired) electrons. The first-order valence-electron chi connectivity index (χ1n) is 8.02. The molecule has 0 saturated heterocycles. The van der Waals surface area contributed by atoms with Gasteiger partial charge in [-0.2, -0.15) is 5.48 Å². The highest BCUT2D eigenvalue weighted by molar-refractivity contribution is 5.77. The van der Waals surface area contributed by atoms with Gasteiger partial charge in [0.1, 0.15) is 0 Å². The van der Waals surface area contributed by atoms with E-state index in [9.17, 15) is 4.79 Å². The molecule has 0 heterocycles. The molecule has 9 nitrogen and oxygen atoms in total. The summed E-state index contributed by atoms with van der Waals surface area (Å²) in [6, 6.07) is 0. The van der Waals surface area contributed by atoms with E-state index >= 15 is 0 Å². The van der Waals surface area contributed by atoms with Gasteiger partial charge in [0.05, 0.1) is 39.6 Å². The van der Waals surface area contributed by atoms with Crippen LogP contribution in [0.3, 0.4) is 0 Å². The number of ether oxygens (including phenoxy) is 3. The number of hydrogen-bond donors (Lipinski definition) is 4.